The number of carbonyl (C=O) groups excluding carboxylic acids is 1. The molecule has 3 atom stereocenters. The zero-order valence-corrected chi connectivity index (χ0v) is 12.0. The van der Waals surface area contributed by atoms with Crippen molar-refractivity contribution in [2.24, 2.45) is 5.92 Å². The summed E-state index contributed by atoms with van der Waals surface area (Å²) >= 11 is 0. The van der Waals surface area contributed by atoms with Crippen LogP contribution in [0.4, 0.5) is 4.79 Å². The van der Waals surface area contributed by atoms with Gasteiger partial charge in [-0.1, -0.05) is 12.8 Å². The summed E-state index contributed by atoms with van der Waals surface area (Å²) in [6, 6.07) is -0.266. The molecule has 2 heterocycles. The summed E-state index contributed by atoms with van der Waals surface area (Å²) in [5.74, 6) is -0.208. The van der Waals surface area contributed by atoms with Gasteiger partial charge in [-0.15, -0.1) is 0 Å². The summed E-state index contributed by atoms with van der Waals surface area (Å²) in [4.78, 5) is 27.6. The van der Waals surface area contributed by atoms with E-state index in [9.17, 15) is 14.7 Å². The van der Waals surface area contributed by atoms with Gasteiger partial charge in [0.2, 0.25) is 0 Å². The van der Waals surface area contributed by atoms with E-state index in [4.69, 9.17) is 0 Å². The third-order valence-corrected chi connectivity index (χ3v) is 5.27. The molecule has 0 spiro atoms. The standard InChI is InChI=1S/C15H24N2O3/c18-14(19)13-8-4-10-17(13)15(20)16-9-3-6-11-5-1-2-7-12(11)16/h11-13H,1-10H2,(H,18,19)/t11-,12-,13+/m1/s1. The molecule has 3 rings (SSSR count). The van der Waals surface area contributed by atoms with Crippen molar-refractivity contribution in [1.29, 1.82) is 0 Å². The Morgan fingerprint density at radius 2 is 1.50 bits per heavy atom. The van der Waals surface area contributed by atoms with Gasteiger partial charge >= 0.3 is 12.0 Å². The fourth-order valence-electron chi connectivity index (χ4n) is 4.28. The molecule has 3 aliphatic rings. The van der Waals surface area contributed by atoms with Gasteiger partial charge in [-0.05, 0) is 44.4 Å². The van der Waals surface area contributed by atoms with Crippen molar-refractivity contribution < 1.29 is 14.7 Å². The molecule has 0 aromatic carbocycles. The van der Waals surface area contributed by atoms with Crippen molar-refractivity contribution in [3.63, 3.8) is 0 Å². The second-order valence-corrected chi connectivity index (χ2v) is 6.42. The van der Waals surface area contributed by atoms with E-state index >= 15 is 0 Å². The first-order valence-corrected chi connectivity index (χ1v) is 7.98. The van der Waals surface area contributed by atoms with Gasteiger partial charge in [0.25, 0.3) is 0 Å². The van der Waals surface area contributed by atoms with Gasteiger partial charge in [0.1, 0.15) is 6.04 Å². The number of carboxylic acid groups (broad SMARTS) is 1. The fourth-order valence-corrected chi connectivity index (χ4v) is 4.28. The number of likely N-dealkylation sites (tertiary alicyclic amines) is 2. The second-order valence-electron chi connectivity index (χ2n) is 6.42. The predicted molar refractivity (Wildman–Crippen MR) is 74.4 cm³/mol. The van der Waals surface area contributed by atoms with E-state index < -0.39 is 12.0 Å². The van der Waals surface area contributed by atoms with Gasteiger partial charge < -0.3 is 14.9 Å². The van der Waals surface area contributed by atoms with Crippen LogP contribution in [-0.4, -0.2) is 52.1 Å². The largest absolute Gasteiger partial charge is 0.480 e. The Morgan fingerprint density at radius 1 is 0.850 bits per heavy atom. The Balaban J connectivity index is 1.73. The van der Waals surface area contributed by atoms with E-state index in [2.05, 4.69) is 0 Å². The number of carbonyl (C=O) groups is 2. The molecular formula is C15H24N2O3. The van der Waals surface area contributed by atoms with Crippen molar-refractivity contribution in [2.75, 3.05) is 13.1 Å². The van der Waals surface area contributed by atoms with Gasteiger partial charge in [-0.25, -0.2) is 9.59 Å². The summed E-state index contributed by atoms with van der Waals surface area (Å²) in [5.41, 5.74) is 0. The summed E-state index contributed by atoms with van der Waals surface area (Å²) in [7, 11) is 0. The Hall–Kier alpha value is -1.26. The summed E-state index contributed by atoms with van der Waals surface area (Å²) < 4.78 is 0. The van der Waals surface area contributed by atoms with Crippen LogP contribution in [0, 0.1) is 5.92 Å². The molecule has 1 saturated carbocycles. The molecule has 0 aromatic rings. The average Bonchev–Trinajstić information content (AvgIpc) is 2.95. The molecule has 0 bridgehead atoms. The maximum absolute atomic E-state index is 12.8. The number of rotatable bonds is 1. The van der Waals surface area contributed by atoms with Crippen LogP contribution in [0.1, 0.15) is 51.4 Å². The van der Waals surface area contributed by atoms with E-state index in [1.54, 1.807) is 4.90 Å². The maximum atomic E-state index is 12.8. The molecule has 2 aliphatic heterocycles. The summed E-state index contributed by atoms with van der Waals surface area (Å²) in [5, 5.41) is 9.25. The summed E-state index contributed by atoms with van der Waals surface area (Å²) in [6.07, 6.45) is 8.53. The molecule has 1 aliphatic carbocycles. The molecule has 2 amide bonds. The van der Waals surface area contributed by atoms with Crippen molar-refractivity contribution in [2.45, 2.75) is 63.5 Å². The normalized spacial score (nSPS) is 33.9. The number of urea groups is 1. The number of fused-ring (bicyclic) bond motifs is 1. The molecule has 5 heteroatoms. The number of hydrogen-bond acceptors (Lipinski definition) is 2. The lowest BCUT2D eigenvalue weighted by atomic mass is 9.78. The highest BCUT2D eigenvalue weighted by molar-refractivity contribution is 5.83. The Labute approximate surface area is 119 Å². The Kier molecular flexibility index (Phi) is 3.85. The minimum Gasteiger partial charge on any atom is -0.480 e. The maximum Gasteiger partial charge on any atom is 0.326 e. The molecule has 0 radical (unpaired) electrons. The smallest absolute Gasteiger partial charge is 0.326 e. The minimum absolute atomic E-state index is 0.0218. The van der Waals surface area contributed by atoms with Crippen molar-refractivity contribution in [1.82, 2.24) is 9.80 Å². The average molecular weight is 280 g/mol. The van der Waals surface area contributed by atoms with Crippen molar-refractivity contribution in [3.05, 3.63) is 0 Å². The van der Waals surface area contributed by atoms with E-state index in [0.717, 1.165) is 25.8 Å². The number of amides is 2. The number of nitrogens with zero attached hydrogens (tertiary/aromatic N) is 2. The molecule has 0 aromatic heterocycles. The fraction of sp³-hybridized carbons (Fsp3) is 0.867. The lowest BCUT2D eigenvalue weighted by molar-refractivity contribution is -0.141. The highest BCUT2D eigenvalue weighted by Crippen LogP contribution is 2.36. The molecule has 3 fully saturated rings. The van der Waals surface area contributed by atoms with E-state index in [-0.39, 0.29) is 6.03 Å². The quantitative estimate of drug-likeness (QED) is 0.801. The van der Waals surface area contributed by atoms with Crippen LogP contribution in [0.5, 0.6) is 0 Å². The molecule has 0 unspecified atom stereocenters. The van der Waals surface area contributed by atoms with Gasteiger partial charge in [-0.3, -0.25) is 0 Å². The molecule has 2 saturated heterocycles. The second kappa shape index (κ2) is 5.62. The Bertz CT molecular complexity index is 397. The topological polar surface area (TPSA) is 60.9 Å². The molecule has 20 heavy (non-hydrogen) atoms. The summed E-state index contributed by atoms with van der Waals surface area (Å²) in [6.45, 7) is 1.41. The predicted octanol–water partition coefficient (Wildman–Crippen LogP) is 2.31. The lowest BCUT2D eigenvalue weighted by Gasteiger charge is -2.45. The van der Waals surface area contributed by atoms with Crippen LogP contribution >= 0.6 is 0 Å². The van der Waals surface area contributed by atoms with Crippen LogP contribution in [0.15, 0.2) is 0 Å². The zero-order valence-electron chi connectivity index (χ0n) is 12.0. The third kappa shape index (κ3) is 2.38. The van der Waals surface area contributed by atoms with Crippen LogP contribution < -0.4 is 0 Å². The van der Waals surface area contributed by atoms with Gasteiger partial charge in [0, 0.05) is 19.1 Å². The van der Waals surface area contributed by atoms with Gasteiger partial charge in [0.15, 0.2) is 0 Å². The highest BCUT2D eigenvalue weighted by atomic mass is 16.4. The number of aliphatic carboxylic acids is 1. The number of hydrogen-bond donors (Lipinski definition) is 1. The Morgan fingerprint density at radius 3 is 2.30 bits per heavy atom. The first-order valence-electron chi connectivity index (χ1n) is 7.98. The monoisotopic (exact) mass is 280 g/mol. The van der Waals surface area contributed by atoms with Crippen molar-refractivity contribution in [3.8, 4) is 0 Å². The first kappa shape index (κ1) is 13.7. The van der Waals surface area contributed by atoms with Gasteiger partial charge in [-0.2, -0.15) is 0 Å². The number of piperidine rings is 1. The highest BCUT2D eigenvalue weighted by Gasteiger charge is 2.41. The molecule has 1 N–H and O–H groups in total. The zero-order chi connectivity index (χ0) is 14.1. The molecule has 5 nitrogen and oxygen atoms in total. The van der Waals surface area contributed by atoms with Crippen LogP contribution in [0.2, 0.25) is 0 Å². The van der Waals surface area contributed by atoms with Crippen molar-refractivity contribution >= 4 is 12.0 Å². The SMILES string of the molecule is O=C(O)[C@@H]1CCCN1C(=O)N1CCC[C@H]2CCCC[C@H]21. The van der Waals surface area contributed by atoms with Crippen LogP contribution in [0.25, 0.3) is 0 Å². The third-order valence-electron chi connectivity index (χ3n) is 5.27. The lowest BCUT2D eigenvalue weighted by Crippen LogP contribution is -2.56. The number of carboxylic acids is 1. The van der Waals surface area contributed by atoms with E-state index in [1.165, 1.54) is 25.7 Å². The van der Waals surface area contributed by atoms with Crippen LogP contribution in [0.3, 0.4) is 0 Å². The minimum atomic E-state index is -0.854. The first-order chi connectivity index (χ1) is 9.68. The molecule has 112 valence electrons. The van der Waals surface area contributed by atoms with E-state index in [0.29, 0.717) is 24.9 Å². The van der Waals surface area contributed by atoms with E-state index in [1.807, 2.05) is 4.90 Å². The van der Waals surface area contributed by atoms with Crippen LogP contribution in [-0.2, 0) is 4.79 Å². The molecular weight excluding hydrogens is 256 g/mol. The van der Waals surface area contributed by atoms with Gasteiger partial charge in [0.05, 0.1) is 0 Å².